The maximum Gasteiger partial charge on any atom is 0.238 e. The predicted molar refractivity (Wildman–Crippen MR) is 151 cm³/mol. The van der Waals surface area contributed by atoms with Crippen molar-refractivity contribution in [1.29, 1.82) is 0 Å². The van der Waals surface area contributed by atoms with Gasteiger partial charge in [-0.1, -0.05) is 17.7 Å². The molecule has 3 aliphatic carbocycles. The van der Waals surface area contributed by atoms with Gasteiger partial charge in [0.1, 0.15) is 11.5 Å². The van der Waals surface area contributed by atoms with E-state index < -0.39 is 23.7 Å². The Hall–Kier alpha value is -3.05. The van der Waals surface area contributed by atoms with Crippen molar-refractivity contribution in [3.8, 4) is 11.5 Å². The Labute approximate surface area is 240 Å². The number of halogens is 2. The summed E-state index contributed by atoms with van der Waals surface area (Å²) in [5.74, 6) is -3.06. The number of hydrogen-bond acceptors (Lipinski definition) is 6. The van der Waals surface area contributed by atoms with Crippen molar-refractivity contribution in [3.05, 3.63) is 85.0 Å². The van der Waals surface area contributed by atoms with Crippen molar-refractivity contribution in [2.45, 2.75) is 18.8 Å². The number of rotatable bonds is 3. The van der Waals surface area contributed by atoms with Crippen LogP contribution < -0.4 is 9.64 Å². The Morgan fingerprint density at radius 3 is 2.47 bits per heavy atom. The monoisotopic (exact) mass is 685 g/mol. The number of aromatic hydroxyl groups is 1. The second kappa shape index (κ2) is 9.30. The summed E-state index contributed by atoms with van der Waals surface area (Å²) in [7, 11) is 1.47. The Balaban J connectivity index is 1.51. The van der Waals surface area contributed by atoms with Crippen LogP contribution in [0.5, 0.6) is 11.5 Å². The van der Waals surface area contributed by atoms with Gasteiger partial charge in [-0.3, -0.25) is 24.1 Å². The van der Waals surface area contributed by atoms with Gasteiger partial charge in [-0.2, -0.15) is 0 Å². The molecular formula is C29H21BrINO6. The molecule has 192 valence electrons. The van der Waals surface area contributed by atoms with Crippen LogP contribution in [0.2, 0.25) is 0 Å². The van der Waals surface area contributed by atoms with Crippen LogP contribution >= 0.6 is 38.5 Å². The van der Waals surface area contributed by atoms with Crippen molar-refractivity contribution in [2.24, 2.45) is 17.8 Å². The maximum atomic E-state index is 13.9. The van der Waals surface area contributed by atoms with Gasteiger partial charge in [0, 0.05) is 38.3 Å². The van der Waals surface area contributed by atoms with E-state index in [-0.39, 0.29) is 40.0 Å². The number of fused-ring (bicyclic) bond motifs is 3. The number of phenols is 1. The summed E-state index contributed by atoms with van der Waals surface area (Å²) in [4.78, 5) is 55.4. The summed E-state index contributed by atoms with van der Waals surface area (Å²) in [5.41, 5.74) is 2.67. The molecule has 9 heteroatoms. The number of phenolic OH excluding ortho intramolecular Hbond substituents is 1. The number of amides is 2. The highest BCUT2D eigenvalue weighted by molar-refractivity contribution is 14.1. The number of benzene rings is 2. The van der Waals surface area contributed by atoms with Gasteiger partial charge < -0.3 is 9.84 Å². The fraction of sp³-hybridized carbons (Fsp3) is 0.241. The number of ether oxygens (including phenoxy) is 1. The van der Waals surface area contributed by atoms with E-state index in [9.17, 15) is 24.3 Å². The highest BCUT2D eigenvalue weighted by Gasteiger charge is 2.56. The van der Waals surface area contributed by atoms with E-state index in [4.69, 9.17) is 4.74 Å². The summed E-state index contributed by atoms with van der Waals surface area (Å²) >= 11 is 5.41. The second-order valence-corrected chi connectivity index (χ2v) is 11.9. The first-order valence-electron chi connectivity index (χ1n) is 12.1. The number of methoxy groups -OCH3 is 1. The topological polar surface area (TPSA) is 101 Å². The molecule has 1 aliphatic heterocycles. The Bertz CT molecular complexity index is 1540. The van der Waals surface area contributed by atoms with E-state index in [1.807, 2.05) is 18.2 Å². The molecule has 4 aliphatic rings. The molecular weight excluding hydrogens is 665 g/mol. The van der Waals surface area contributed by atoms with Gasteiger partial charge in [-0.25, -0.2) is 0 Å². The third kappa shape index (κ3) is 3.73. The van der Waals surface area contributed by atoms with Crippen molar-refractivity contribution in [1.82, 2.24) is 0 Å². The zero-order chi connectivity index (χ0) is 26.9. The minimum Gasteiger partial charge on any atom is -0.508 e. The molecule has 2 aromatic carbocycles. The molecule has 38 heavy (non-hydrogen) atoms. The van der Waals surface area contributed by atoms with E-state index in [1.54, 1.807) is 18.2 Å². The number of anilines is 1. The average molecular weight is 686 g/mol. The molecule has 2 amide bonds. The van der Waals surface area contributed by atoms with Crippen LogP contribution in [-0.2, 0) is 19.2 Å². The molecule has 0 unspecified atom stereocenters. The number of allylic oxidation sites excluding steroid dienone is 6. The molecule has 1 heterocycles. The van der Waals surface area contributed by atoms with Gasteiger partial charge in [-0.05, 0) is 87.6 Å². The first-order chi connectivity index (χ1) is 18.2. The SMILES string of the molecule is COc1cc(O)ccc1[C@H]1C2=CC[C@@H]3C(=O)N(c4ccc(I)cc4)C(=O)[C@@H]3[C@@H]2CC2=C1C(=O)C=C(Br)C2=O. The van der Waals surface area contributed by atoms with Crippen LogP contribution in [0.3, 0.4) is 0 Å². The zero-order valence-corrected chi connectivity index (χ0v) is 23.9. The van der Waals surface area contributed by atoms with Crippen LogP contribution in [0.4, 0.5) is 5.69 Å². The molecule has 0 radical (unpaired) electrons. The smallest absolute Gasteiger partial charge is 0.238 e. The van der Waals surface area contributed by atoms with Gasteiger partial charge in [0.2, 0.25) is 11.8 Å². The van der Waals surface area contributed by atoms with Crippen LogP contribution in [-0.4, -0.2) is 35.6 Å². The van der Waals surface area contributed by atoms with Crippen molar-refractivity contribution in [3.63, 3.8) is 0 Å². The Morgan fingerprint density at radius 1 is 1.03 bits per heavy atom. The summed E-state index contributed by atoms with van der Waals surface area (Å²) < 4.78 is 6.73. The van der Waals surface area contributed by atoms with Gasteiger partial charge in [0.15, 0.2) is 11.6 Å². The Morgan fingerprint density at radius 2 is 1.76 bits per heavy atom. The van der Waals surface area contributed by atoms with Gasteiger partial charge in [-0.15, -0.1) is 0 Å². The molecule has 6 rings (SSSR count). The second-order valence-electron chi connectivity index (χ2n) is 9.81. The van der Waals surface area contributed by atoms with Crippen LogP contribution in [0.15, 0.2) is 75.8 Å². The number of hydrogen-bond donors (Lipinski definition) is 1. The first-order valence-corrected chi connectivity index (χ1v) is 14.0. The van der Waals surface area contributed by atoms with Gasteiger partial charge >= 0.3 is 0 Å². The molecule has 4 atom stereocenters. The van der Waals surface area contributed by atoms with E-state index in [0.29, 0.717) is 34.6 Å². The van der Waals surface area contributed by atoms with E-state index >= 15 is 0 Å². The lowest BCUT2D eigenvalue weighted by molar-refractivity contribution is -0.123. The van der Waals surface area contributed by atoms with Crippen LogP contribution in [0, 0.1) is 21.3 Å². The molecule has 0 bridgehead atoms. The minimum atomic E-state index is -0.658. The standard InChI is InChI=1S/C29H21BrINO6/c1-38-23-10-15(33)6-7-17(23)24-16-8-9-18-25(19(16)11-20-26(24)22(34)12-21(30)27(20)35)29(37)32(28(18)36)14-4-2-13(31)3-5-14/h2-8,10,12,18-19,24-25,33H,9,11H2,1H3/t18-,19+,24+,25-/m0/s1. The number of carbonyl (C=O) groups excluding carboxylic acids is 4. The van der Waals surface area contributed by atoms with Gasteiger partial charge in [0.05, 0.1) is 29.1 Å². The maximum absolute atomic E-state index is 13.9. The molecule has 0 aromatic heterocycles. The zero-order valence-electron chi connectivity index (χ0n) is 20.1. The molecule has 0 spiro atoms. The predicted octanol–water partition coefficient (Wildman–Crippen LogP) is 4.97. The quantitative estimate of drug-likeness (QED) is 0.212. The first kappa shape index (κ1) is 25.2. The molecule has 1 fully saturated rings. The number of imide groups is 1. The third-order valence-corrected chi connectivity index (χ3v) is 9.25. The molecule has 1 saturated heterocycles. The van der Waals surface area contributed by atoms with E-state index in [0.717, 1.165) is 9.14 Å². The number of Topliss-reactive ketones (excluding diaryl/α,β-unsaturated/α-hetero) is 1. The lowest BCUT2D eigenvalue weighted by atomic mass is 9.59. The fourth-order valence-electron chi connectivity index (χ4n) is 6.34. The van der Waals surface area contributed by atoms with Crippen molar-refractivity contribution < 1.29 is 29.0 Å². The molecule has 7 nitrogen and oxygen atoms in total. The Kier molecular flexibility index (Phi) is 6.18. The number of nitrogens with zero attached hydrogens (tertiary/aromatic N) is 1. The number of ketones is 2. The highest BCUT2D eigenvalue weighted by atomic mass is 127. The summed E-state index contributed by atoms with van der Waals surface area (Å²) in [6.45, 7) is 0. The molecule has 2 aromatic rings. The summed E-state index contributed by atoms with van der Waals surface area (Å²) in [5, 5.41) is 10.1. The number of carbonyl (C=O) groups is 4. The molecule has 1 N–H and O–H groups in total. The van der Waals surface area contributed by atoms with Crippen molar-refractivity contribution in [2.75, 3.05) is 12.0 Å². The summed E-state index contributed by atoms with van der Waals surface area (Å²) in [6, 6.07) is 11.9. The minimum absolute atomic E-state index is 0.00303. The normalized spacial score (nSPS) is 26.6. The summed E-state index contributed by atoms with van der Waals surface area (Å²) in [6.07, 6.45) is 3.78. The third-order valence-electron chi connectivity index (χ3n) is 7.94. The molecule has 0 saturated carbocycles. The highest BCUT2D eigenvalue weighted by Crippen LogP contribution is 2.56. The lowest BCUT2D eigenvalue weighted by Crippen LogP contribution is -2.39. The van der Waals surface area contributed by atoms with Crippen LogP contribution in [0.25, 0.3) is 0 Å². The average Bonchev–Trinajstić information content (AvgIpc) is 3.16. The largest absolute Gasteiger partial charge is 0.508 e. The lowest BCUT2D eigenvalue weighted by Gasteiger charge is -2.42. The van der Waals surface area contributed by atoms with Crippen molar-refractivity contribution >= 4 is 67.6 Å². The van der Waals surface area contributed by atoms with E-state index in [2.05, 4.69) is 38.5 Å². The fourth-order valence-corrected chi connectivity index (χ4v) is 7.15. The van der Waals surface area contributed by atoms with E-state index in [1.165, 1.54) is 30.2 Å². The van der Waals surface area contributed by atoms with Gasteiger partial charge in [0.25, 0.3) is 0 Å². The van der Waals surface area contributed by atoms with Crippen LogP contribution in [0.1, 0.15) is 24.3 Å².